The third-order valence-corrected chi connectivity index (χ3v) is 3.77. The van der Waals surface area contributed by atoms with Gasteiger partial charge in [0.1, 0.15) is 0 Å². The van der Waals surface area contributed by atoms with Gasteiger partial charge in [-0.2, -0.15) is 0 Å². The number of likely N-dealkylation sites (N-methyl/N-ethyl adjacent to an activating group) is 1. The molecule has 0 spiro atoms. The number of rotatable bonds is 4. The zero-order valence-electron chi connectivity index (χ0n) is 11.4. The fourth-order valence-corrected chi connectivity index (χ4v) is 2.59. The summed E-state index contributed by atoms with van der Waals surface area (Å²) in [5.74, 6) is 0. The summed E-state index contributed by atoms with van der Waals surface area (Å²) in [6.07, 6.45) is 2.24. The molecule has 18 heavy (non-hydrogen) atoms. The smallest absolute Gasteiger partial charge is 0.0480 e. The van der Waals surface area contributed by atoms with E-state index in [0.29, 0.717) is 6.04 Å². The van der Waals surface area contributed by atoms with Crippen LogP contribution in [-0.2, 0) is 4.74 Å². The van der Waals surface area contributed by atoms with Crippen molar-refractivity contribution in [3.63, 3.8) is 0 Å². The van der Waals surface area contributed by atoms with Gasteiger partial charge in [-0.1, -0.05) is 29.8 Å². The molecule has 3 heteroatoms. The molecule has 2 N–H and O–H groups in total. The quantitative estimate of drug-likeness (QED) is 0.887. The van der Waals surface area contributed by atoms with Gasteiger partial charge in [-0.25, -0.2) is 0 Å². The van der Waals surface area contributed by atoms with Crippen molar-refractivity contribution >= 4 is 0 Å². The summed E-state index contributed by atoms with van der Waals surface area (Å²) in [4.78, 5) is 2.38. The van der Waals surface area contributed by atoms with Gasteiger partial charge >= 0.3 is 0 Å². The molecule has 1 aliphatic heterocycles. The van der Waals surface area contributed by atoms with E-state index in [2.05, 4.69) is 43.1 Å². The summed E-state index contributed by atoms with van der Waals surface area (Å²) in [5.41, 5.74) is 8.80. The van der Waals surface area contributed by atoms with Gasteiger partial charge in [0.2, 0.25) is 0 Å². The maximum Gasteiger partial charge on any atom is 0.0480 e. The fourth-order valence-electron chi connectivity index (χ4n) is 2.59. The lowest BCUT2D eigenvalue weighted by Crippen LogP contribution is -2.40. The van der Waals surface area contributed by atoms with Crippen molar-refractivity contribution in [2.45, 2.75) is 31.8 Å². The molecular weight excluding hydrogens is 224 g/mol. The van der Waals surface area contributed by atoms with Crippen LogP contribution in [0, 0.1) is 6.92 Å². The third-order valence-electron chi connectivity index (χ3n) is 3.77. The summed E-state index contributed by atoms with van der Waals surface area (Å²) in [5, 5.41) is 0. The van der Waals surface area contributed by atoms with E-state index >= 15 is 0 Å². The van der Waals surface area contributed by atoms with Gasteiger partial charge in [0, 0.05) is 31.8 Å². The van der Waals surface area contributed by atoms with Gasteiger partial charge in [0.05, 0.1) is 0 Å². The van der Waals surface area contributed by atoms with E-state index in [1.165, 1.54) is 11.1 Å². The lowest BCUT2D eigenvalue weighted by molar-refractivity contribution is 0.0413. The summed E-state index contributed by atoms with van der Waals surface area (Å²) in [6, 6.07) is 9.21. The number of hydrogen-bond acceptors (Lipinski definition) is 3. The van der Waals surface area contributed by atoms with Crippen LogP contribution in [0.15, 0.2) is 24.3 Å². The Bertz CT molecular complexity index is 375. The van der Waals surface area contributed by atoms with Crippen molar-refractivity contribution in [2.24, 2.45) is 5.73 Å². The monoisotopic (exact) mass is 248 g/mol. The highest BCUT2D eigenvalue weighted by molar-refractivity contribution is 5.25. The molecule has 1 atom stereocenters. The predicted molar refractivity (Wildman–Crippen MR) is 74.6 cm³/mol. The number of ether oxygens (including phenoxy) is 1. The first-order valence-electron chi connectivity index (χ1n) is 6.77. The minimum atomic E-state index is 0.0951. The lowest BCUT2D eigenvalue weighted by atomic mass is 10.0. The molecule has 1 unspecified atom stereocenters. The number of benzene rings is 1. The Labute approximate surface area is 110 Å². The third kappa shape index (κ3) is 3.55. The molecule has 0 aromatic heterocycles. The van der Waals surface area contributed by atoms with E-state index in [4.69, 9.17) is 10.5 Å². The molecule has 1 aromatic rings. The summed E-state index contributed by atoms with van der Waals surface area (Å²) in [6.45, 7) is 4.79. The highest BCUT2D eigenvalue weighted by atomic mass is 16.5. The number of aryl methyl sites for hydroxylation is 1. The molecule has 0 bridgehead atoms. The van der Waals surface area contributed by atoms with Crippen LogP contribution in [-0.4, -0.2) is 37.7 Å². The number of nitrogens with two attached hydrogens (primary N) is 1. The molecule has 1 heterocycles. The largest absolute Gasteiger partial charge is 0.381 e. The van der Waals surface area contributed by atoms with Crippen LogP contribution in [0.2, 0.25) is 0 Å². The van der Waals surface area contributed by atoms with Crippen LogP contribution in [0.3, 0.4) is 0 Å². The zero-order valence-corrected chi connectivity index (χ0v) is 11.4. The normalized spacial score (nSPS) is 19.1. The topological polar surface area (TPSA) is 38.5 Å². The lowest BCUT2D eigenvalue weighted by Gasteiger charge is -2.32. The Morgan fingerprint density at radius 2 is 2.11 bits per heavy atom. The van der Waals surface area contributed by atoms with Crippen LogP contribution in [0.5, 0.6) is 0 Å². The van der Waals surface area contributed by atoms with Crippen molar-refractivity contribution in [1.82, 2.24) is 4.90 Å². The number of hydrogen-bond donors (Lipinski definition) is 1. The molecule has 0 saturated carbocycles. The highest BCUT2D eigenvalue weighted by Crippen LogP contribution is 2.17. The maximum absolute atomic E-state index is 6.30. The Balaban J connectivity index is 1.91. The fraction of sp³-hybridized carbons (Fsp3) is 0.600. The van der Waals surface area contributed by atoms with Crippen LogP contribution in [0.25, 0.3) is 0 Å². The predicted octanol–water partition coefficient (Wildman–Crippen LogP) is 2.11. The van der Waals surface area contributed by atoms with Gasteiger partial charge < -0.3 is 15.4 Å². The minimum Gasteiger partial charge on any atom is -0.381 e. The Morgan fingerprint density at radius 3 is 2.78 bits per heavy atom. The van der Waals surface area contributed by atoms with Crippen molar-refractivity contribution < 1.29 is 4.74 Å². The second-order valence-corrected chi connectivity index (χ2v) is 5.30. The molecule has 1 saturated heterocycles. The van der Waals surface area contributed by atoms with Crippen LogP contribution < -0.4 is 5.73 Å². The molecule has 1 aromatic carbocycles. The van der Waals surface area contributed by atoms with Gasteiger partial charge in [-0.3, -0.25) is 0 Å². The first-order chi connectivity index (χ1) is 8.66. The summed E-state index contributed by atoms with van der Waals surface area (Å²) in [7, 11) is 2.17. The molecule has 0 radical (unpaired) electrons. The summed E-state index contributed by atoms with van der Waals surface area (Å²) < 4.78 is 5.40. The minimum absolute atomic E-state index is 0.0951. The van der Waals surface area contributed by atoms with Crippen molar-refractivity contribution in [3.05, 3.63) is 35.4 Å². The molecule has 3 nitrogen and oxygen atoms in total. The molecule has 1 fully saturated rings. The van der Waals surface area contributed by atoms with Gasteiger partial charge in [-0.05, 0) is 32.4 Å². The molecule has 0 amide bonds. The molecule has 1 aliphatic rings. The van der Waals surface area contributed by atoms with E-state index < -0.39 is 0 Å². The van der Waals surface area contributed by atoms with Crippen LogP contribution in [0.4, 0.5) is 0 Å². The molecule has 0 aliphatic carbocycles. The van der Waals surface area contributed by atoms with Gasteiger partial charge in [0.15, 0.2) is 0 Å². The van der Waals surface area contributed by atoms with Crippen LogP contribution >= 0.6 is 0 Å². The zero-order chi connectivity index (χ0) is 13.0. The van der Waals surface area contributed by atoms with E-state index in [-0.39, 0.29) is 6.04 Å². The van der Waals surface area contributed by atoms with Gasteiger partial charge in [0.25, 0.3) is 0 Å². The summed E-state index contributed by atoms with van der Waals surface area (Å²) >= 11 is 0. The Hall–Kier alpha value is -0.900. The molecule has 100 valence electrons. The molecule has 2 rings (SSSR count). The first kappa shape index (κ1) is 13.5. The molecular formula is C15H24N2O. The van der Waals surface area contributed by atoms with E-state index in [9.17, 15) is 0 Å². The average Bonchev–Trinajstić information content (AvgIpc) is 2.39. The van der Waals surface area contributed by atoms with Crippen molar-refractivity contribution in [3.8, 4) is 0 Å². The van der Waals surface area contributed by atoms with Crippen LogP contribution in [0.1, 0.15) is 30.0 Å². The van der Waals surface area contributed by atoms with Gasteiger partial charge in [-0.15, -0.1) is 0 Å². The van der Waals surface area contributed by atoms with E-state index in [1.807, 2.05) is 0 Å². The first-order valence-corrected chi connectivity index (χ1v) is 6.77. The Morgan fingerprint density at radius 1 is 1.39 bits per heavy atom. The average molecular weight is 248 g/mol. The number of nitrogens with zero attached hydrogens (tertiary/aromatic N) is 1. The Kier molecular flexibility index (Phi) is 4.75. The second kappa shape index (κ2) is 6.32. The SMILES string of the molecule is Cc1cccc(C(N)CN(C)C2CCOCC2)c1. The van der Waals surface area contributed by atoms with Crippen molar-refractivity contribution in [2.75, 3.05) is 26.8 Å². The van der Waals surface area contributed by atoms with E-state index in [0.717, 1.165) is 32.6 Å². The standard InChI is InChI=1S/C15H24N2O/c1-12-4-3-5-13(10-12)15(16)11-17(2)14-6-8-18-9-7-14/h3-5,10,14-15H,6-9,11,16H2,1-2H3. The van der Waals surface area contributed by atoms with E-state index in [1.54, 1.807) is 0 Å². The maximum atomic E-state index is 6.30. The second-order valence-electron chi connectivity index (χ2n) is 5.30. The van der Waals surface area contributed by atoms with Crippen molar-refractivity contribution in [1.29, 1.82) is 0 Å². The highest BCUT2D eigenvalue weighted by Gasteiger charge is 2.20.